The molecule has 1 fully saturated rings. The van der Waals surface area contributed by atoms with E-state index in [0.29, 0.717) is 16.4 Å². The Morgan fingerprint density at radius 3 is 2.54 bits per heavy atom. The summed E-state index contributed by atoms with van der Waals surface area (Å²) in [5, 5.41) is 14.6. The maximum atomic E-state index is 12.5. The predicted octanol–water partition coefficient (Wildman–Crippen LogP) is 5.25. The number of carbonyl (C=O) groups is 1. The van der Waals surface area contributed by atoms with Gasteiger partial charge in [-0.05, 0) is 49.6 Å². The predicted molar refractivity (Wildman–Crippen MR) is 106 cm³/mol. The molecule has 0 radical (unpaired) electrons. The molecule has 8 heteroatoms. The van der Waals surface area contributed by atoms with Gasteiger partial charge in [-0.15, -0.1) is 0 Å². The first-order valence-corrected chi connectivity index (χ1v) is 9.42. The summed E-state index contributed by atoms with van der Waals surface area (Å²) in [6.07, 6.45) is 3.17. The third-order valence-corrected chi connectivity index (χ3v) is 5.12. The lowest BCUT2D eigenvalue weighted by Gasteiger charge is -2.28. The van der Waals surface area contributed by atoms with E-state index in [1.165, 1.54) is 6.07 Å². The zero-order chi connectivity index (χ0) is 18.7. The van der Waals surface area contributed by atoms with E-state index in [9.17, 15) is 14.9 Å². The smallest absolute Gasteiger partial charge is 0.293 e. The number of nitro groups is 1. The number of benzene rings is 2. The molecule has 1 saturated heterocycles. The van der Waals surface area contributed by atoms with Gasteiger partial charge in [-0.2, -0.15) is 0 Å². The van der Waals surface area contributed by atoms with Gasteiger partial charge in [0.25, 0.3) is 11.6 Å². The van der Waals surface area contributed by atoms with E-state index in [1.54, 1.807) is 30.3 Å². The van der Waals surface area contributed by atoms with Crippen LogP contribution in [0.5, 0.6) is 0 Å². The van der Waals surface area contributed by atoms with E-state index in [-0.39, 0.29) is 11.3 Å². The molecule has 3 rings (SSSR count). The molecule has 0 bridgehead atoms. The molecule has 2 aromatic rings. The number of nitrogens with one attached hydrogen (secondary N) is 1. The van der Waals surface area contributed by atoms with Crippen molar-refractivity contribution in [2.45, 2.75) is 19.3 Å². The van der Waals surface area contributed by atoms with Gasteiger partial charge in [0, 0.05) is 29.2 Å². The van der Waals surface area contributed by atoms with Crippen molar-refractivity contribution in [1.82, 2.24) is 0 Å². The summed E-state index contributed by atoms with van der Waals surface area (Å²) in [6, 6.07) is 9.68. The molecule has 0 aromatic heterocycles. The van der Waals surface area contributed by atoms with Gasteiger partial charge in [-0.3, -0.25) is 14.9 Å². The fraction of sp³-hybridized carbons (Fsp3) is 0.278. The van der Waals surface area contributed by atoms with E-state index < -0.39 is 10.8 Å². The summed E-state index contributed by atoms with van der Waals surface area (Å²) in [6.45, 7) is 1.59. The molecule has 1 heterocycles. The first kappa shape index (κ1) is 18.7. The van der Waals surface area contributed by atoms with Crippen molar-refractivity contribution < 1.29 is 9.72 Å². The molecular weight excluding hydrogens is 422 g/mol. The quantitative estimate of drug-likeness (QED) is 0.522. The molecule has 1 aliphatic heterocycles. The maximum absolute atomic E-state index is 12.5. The molecule has 0 spiro atoms. The Morgan fingerprint density at radius 2 is 1.88 bits per heavy atom. The normalized spacial score (nSPS) is 14.2. The van der Waals surface area contributed by atoms with Gasteiger partial charge in [0.05, 0.1) is 15.6 Å². The fourth-order valence-corrected chi connectivity index (χ4v) is 3.72. The highest BCUT2D eigenvalue weighted by atomic mass is 79.9. The van der Waals surface area contributed by atoms with Crippen LogP contribution < -0.4 is 10.2 Å². The van der Waals surface area contributed by atoms with Crippen molar-refractivity contribution in [3.05, 3.63) is 61.6 Å². The summed E-state index contributed by atoms with van der Waals surface area (Å²) in [4.78, 5) is 25.6. The lowest BCUT2D eigenvalue weighted by molar-refractivity contribution is -0.384. The van der Waals surface area contributed by atoms with E-state index in [4.69, 9.17) is 11.6 Å². The zero-order valence-corrected chi connectivity index (χ0v) is 16.2. The number of piperidine rings is 1. The van der Waals surface area contributed by atoms with Crippen molar-refractivity contribution in [2.75, 3.05) is 23.3 Å². The van der Waals surface area contributed by atoms with E-state index in [1.807, 2.05) is 4.90 Å². The lowest BCUT2D eigenvalue weighted by atomic mass is 10.1. The number of anilines is 2. The second-order valence-electron chi connectivity index (χ2n) is 6.09. The molecule has 136 valence electrons. The standard InChI is InChI=1S/C18H17BrClN3O3/c19-13-5-6-15(14(20)11-13)21-18(24)12-4-7-16(17(10-12)23(25)26)22-8-2-1-3-9-22/h4-7,10-11H,1-3,8-9H2,(H,21,24). The third-order valence-electron chi connectivity index (χ3n) is 4.31. The molecule has 0 unspecified atom stereocenters. The summed E-state index contributed by atoms with van der Waals surface area (Å²) in [5.41, 5.74) is 1.17. The van der Waals surface area contributed by atoms with Crippen molar-refractivity contribution in [3.8, 4) is 0 Å². The number of amides is 1. The highest BCUT2D eigenvalue weighted by Gasteiger charge is 2.23. The first-order valence-electron chi connectivity index (χ1n) is 8.25. The third kappa shape index (κ3) is 4.16. The molecule has 1 N–H and O–H groups in total. The average molecular weight is 439 g/mol. The topological polar surface area (TPSA) is 75.5 Å². The van der Waals surface area contributed by atoms with Crippen LogP contribution in [0.25, 0.3) is 0 Å². The van der Waals surface area contributed by atoms with Crippen LogP contribution in [0.3, 0.4) is 0 Å². The molecule has 2 aromatic carbocycles. The van der Waals surface area contributed by atoms with E-state index >= 15 is 0 Å². The SMILES string of the molecule is O=C(Nc1ccc(Br)cc1Cl)c1ccc(N2CCCCC2)c([N+](=O)[O-])c1. The van der Waals surface area contributed by atoms with Crippen LogP contribution in [0.1, 0.15) is 29.6 Å². The Morgan fingerprint density at radius 1 is 1.15 bits per heavy atom. The second-order valence-corrected chi connectivity index (χ2v) is 7.41. The van der Waals surface area contributed by atoms with Crippen LogP contribution in [0.15, 0.2) is 40.9 Å². The van der Waals surface area contributed by atoms with Crippen LogP contribution in [0.2, 0.25) is 5.02 Å². The monoisotopic (exact) mass is 437 g/mol. The van der Waals surface area contributed by atoms with E-state index in [2.05, 4.69) is 21.2 Å². The molecule has 1 aliphatic rings. The fourth-order valence-electron chi connectivity index (χ4n) is 3.00. The van der Waals surface area contributed by atoms with Gasteiger partial charge in [0.1, 0.15) is 5.69 Å². The number of nitro benzene ring substituents is 1. The van der Waals surface area contributed by atoms with Gasteiger partial charge < -0.3 is 10.2 Å². The summed E-state index contributed by atoms with van der Waals surface area (Å²) < 4.78 is 0.794. The maximum Gasteiger partial charge on any atom is 0.293 e. The van der Waals surface area contributed by atoms with Crippen LogP contribution in [-0.4, -0.2) is 23.9 Å². The van der Waals surface area contributed by atoms with Crippen molar-refractivity contribution >= 4 is 50.5 Å². The number of hydrogen-bond acceptors (Lipinski definition) is 4. The summed E-state index contributed by atoms with van der Waals surface area (Å²) in [7, 11) is 0. The summed E-state index contributed by atoms with van der Waals surface area (Å²) in [5.74, 6) is -0.442. The molecule has 6 nitrogen and oxygen atoms in total. The molecule has 1 amide bonds. The minimum Gasteiger partial charge on any atom is -0.366 e. The van der Waals surface area contributed by atoms with Crippen LogP contribution in [-0.2, 0) is 0 Å². The highest BCUT2D eigenvalue weighted by molar-refractivity contribution is 9.10. The van der Waals surface area contributed by atoms with Crippen LogP contribution in [0, 0.1) is 10.1 Å². The van der Waals surface area contributed by atoms with Crippen LogP contribution in [0.4, 0.5) is 17.1 Å². The van der Waals surface area contributed by atoms with Gasteiger partial charge in [0.2, 0.25) is 0 Å². The first-order chi connectivity index (χ1) is 12.5. The Hall–Kier alpha value is -2.12. The van der Waals surface area contributed by atoms with Gasteiger partial charge in [0.15, 0.2) is 0 Å². The molecular formula is C18H17BrClN3O3. The average Bonchev–Trinajstić information content (AvgIpc) is 2.64. The van der Waals surface area contributed by atoms with Gasteiger partial charge in [-0.1, -0.05) is 27.5 Å². The number of carbonyl (C=O) groups excluding carboxylic acids is 1. The second kappa shape index (κ2) is 8.05. The largest absolute Gasteiger partial charge is 0.366 e. The Balaban J connectivity index is 1.86. The Kier molecular flexibility index (Phi) is 5.78. The molecule has 0 saturated carbocycles. The number of rotatable bonds is 4. The minimum atomic E-state index is -0.442. The molecule has 26 heavy (non-hydrogen) atoms. The molecule has 0 atom stereocenters. The number of hydrogen-bond donors (Lipinski definition) is 1. The lowest BCUT2D eigenvalue weighted by Crippen LogP contribution is -2.30. The zero-order valence-electron chi connectivity index (χ0n) is 13.9. The van der Waals surface area contributed by atoms with Crippen molar-refractivity contribution in [3.63, 3.8) is 0 Å². The highest BCUT2D eigenvalue weighted by Crippen LogP contribution is 2.32. The van der Waals surface area contributed by atoms with Gasteiger partial charge >= 0.3 is 0 Å². The van der Waals surface area contributed by atoms with Crippen molar-refractivity contribution in [2.24, 2.45) is 0 Å². The van der Waals surface area contributed by atoms with Gasteiger partial charge in [-0.25, -0.2) is 0 Å². The number of halogens is 2. The minimum absolute atomic E-state index is 0.0542. The Bertz CT molecular complexity index is 854. The van der Waals surface area contributed by atoms with Crippen LogP contribution >= 0.6 is 27.5 Å². The summed E-state index contributed by atoms with van der Waals surface area (Å²) >= 11 is 9.41. The molecule has 0 aliphatic carbocycles. The Labute approximate surface area is 164 Å². The van der Waals surface area contributed by atoms with E-state index in [0.717, 1.165) is 36.8 Å². The number of nitrogens with zero attached hydrogens (tertiary/aromatic N) is 2. The van der Waals surface area contributed by atoms with Crippen molar-refractivity contribution in [1.29, 1.82) is 0 Å².